The van der Waals surface area contributed by atoms with Gasteiger partial charge in [0.25, 0.3) is 0 Å². The Balaban J connectivity index is 2.22. The van der Waals surface area contributed by atoms with Crippen molar-refractivity contribution in [2.75, 3.05) is 6.61 Å². The standard InChI is InChI=1S/C12H20O2/c13-12-10-8-6-4-2-1-3-5-7-9-11-14-12/h3,5H,1-2,4,6-11H2/b5-3+. The molecular formula is C12H20O2. The molecule has 0 aromatic heterocycles. The summed E-state index contributed by atoms with van der Waals surface area (Å²) < 4.78 is 5.08. The lowest BCUT2D eigenvalue weighted by molar-refractivity contribution is -0.143. The summed E-state index contributed by atoms with van der Waals surface area (Å²) in [4.78, 5) is 11.1. The third-order valence-electron chi connectivity index (χ3n) is 2.45. The minimum Gasteiger partial charge on any atom is -0.466 e. The third-order valence-corrected chi connectivity index (χ3v) is 2.45. The lowest BCUT2D eigenvalue weighted by Gasteiger charge is -2.02. The van der Waals surface area contributed by atoms with Crippen LogP contribution in [0.15, 0.2) is 12.2 Å². The summed E-state index contributed by atoms with van der Waals surface area (Å²) in [5, 5.41) is 0. The van der Waals surface area contributed by atoms with E-state index in [2.05, 4.69) is 12.2 Å². The van der Waals surface area contributed by atoms with Gasteiger partial charge in [-0.05, 0) is 32.1 Å². The molecule has 0 radical (unpaired) electrons. The number of esters is 1. The molecular weight excluding hydrogens is 176 g/mol. The van der Waals surface area contributed by atoms with Gasteiger partial charge >= 0.3 is 5.97 Å². The van der Waals surface area contributed by atoms with Crippen molar-refractivity contribution in [2.24, 2.45) is 0 Å². The van der Waals surface area contributed by atoms with Gasteiger partial charge in [-0.3, -0.25) is 4.79 Å². The number of hydrogen-bond donors (Lipinski definition) is 0. The molecule has 1 rings (SSSR count). The first-order valence-corrected chi connectivity index (χ1v) is 5.70. The van der Waals surface area contributed by atoms with Gasteiger partial charge in [0.15, 0.2) is 0 Å². The Bertz CT molecular complexity index is 185. The van der Waals surface area contributed by atoms with Crippen molar-refractivity contribution in [1.29, 1.82) is 0 Å². The smallest absolute Gasteiger partial charge is 0.305 e. The molecule has 0 saturated heterocycles. The highest BCUT2D eigenvalue weighted by Crippen LogP contribution is 2.08. The number of carbonyl (C=O) groups is 1. The molecule has 0 aromatic rings. The van der Waals surface area contributed by atoms with Crippen LogP contribution in [-0.2, 0) is 9.53 Å². The Morgan fingerprint density at radius 2 is 1.64 bits per heavy atom. The van der Waals surface area contributed by atoms with Crippen molar-refractivity contribution in [3.8, 4) is 0 Å². The number of rotatable bonds is 0. The Morgan fingerprint density at radius 1 is 0.929 bits per heavy atom. The lowest BCUT2D eigenvalue weighted by atomic mass is 10.1. The van der Waals surface area contributed by atoms with Crippen LogP contribution in [0.1, 0.15) is 51.4 Å². The van der Waals surface area contributed by atoms with E-state index >= 15 is 0 Å². The average Bonchev–Trinajstić information content (AvgIpc) is 2.20. The molecule has 0 atom stereocenters. The van der Waals surface area contributed by atoms with Crippen LogP contribution in [0.5, 0.6) is 0 Å². The summed E-state index contributed by atoms with van der Waals surface area (Å²) in [5.74, 6) is -0.0202. The Labute approximate surface area is 86.3 Å². The van der Waals surface area contributed by atoms with E-state index in [4.69, 9.17) is 4.74 Å². The Hall–Kier alpha value is -0.790. The number of carbonyl (C=O) groups excluding carboxylic acids is 1. The molecule has 14 heavy (non-hydrogen) atoms. The van der Waals surface area contributed by atoms with Gasteiger partial charge in [-0.2, -0.15) is 0 Å². The number of hydrogen-bond acceptors (Lipinski definition) is 2. The second-order valence-corrected chi connectivity index (χ2v) is 3.79. The summed E-state index contributed by atoms with van der Waals surface area (Å²) in [6.45, 7) is 0.586. The van der Waals surface area contributed by atoms with Crippen LogP contribution in [0.25, 0.3) is 0 Å². The third kappa shape index (κ3) is 5.79. The molecule has 1 heterocycles. The van der Waals surface area contributed by atoms with Gasteiger partial charge in [0.2, 0.25) is 0 Å². The highest BCUT2D eigenvalue weighted by Gasteiger charge is 2.02. The molecule has 0 N–H and O–H groups in total. The van der Waals surface area contributed by atoms with E-state index in [-0.39, 0.29) is 5.97 Å². The molecule has 0 unspecified atom stereocenters. The average molecular weight is 196 g/mol. The summed E-state index contributed by atoms with van der Waals surface area (Å²) >= 11 is 0. The molecule has 2 nitrogen and oxygen atoms in total. The quantitative estimate of drug-likeness (QED) is 0.439. The monoisotopic (exact) mass is 196 g/mol. The normalized spacial score (nSPS) is 23.9. The first-order chi connectivity index (χ1) is 6.89. The molecule has 0 saturated carbocycles. The predicted molar refractivity (Wildman–Crippen MR) is 57.0 cm³/mol. The fourth-order valence-electron chi connectivity index (χ4n) is 1.58. The van der Waals surface area contributed by atoms with Crippen LogP contribution in [-0.4, -0.2) is 12.6 Å². The Kier molecular flexibility index (Phi) is 6.13. The number of ether oxygens (including phenoxy) is 1. The van der Waals surface area contributed by atoms with Crippen LogP contribution in [0.3, 0.4) is 0 Å². The van der Waals surface area contributed by atoms with Crippen molar-refractivity contribution >= 4 is 5.97 Å². The molecule has 80 valence electrons. The van der Waals surface area contributed by atoms with E-state index in [9.17, 15) is 4.79 Å². The predicted octanol–water partition coefficient (Wildman–Crippen LogP) is 3.22. The number of allylic oxidation sites excluding steroid dienone is 2. The molecule has 1 aliphatic rings. The van der Waals surface area contributed by atoms with Crippen LogP contribution < -0.4 is 0 Å². The van der Waals surface area contributed by atoms with Crippen molar-refractivity contribution in [3.63, 3.8) is 0 Å². The van der Waals surface area contributed by atoms with Gasteiger partial charge in [-0.15, -0.1) is 0 Å². The van der Waals surface area contributed by atoms with E-state index in [0.717, 1.165) is 25.7 Å². The van der Waals surface area contributed by atoms with Crippen LogP contribution in [0, 0.1) is 0 Å². The van der Waals surface area contributed by atoms with Crippen LogP contribution in [0.4, 0.5) is 0 Å². The second kappa shape index (κ2) is 7.60. The van der Waals surface area contributed by atoms with Gasteiger partial charge in [-0.1, -0.05) is 25.0 Å². The first kappa shape index (κ1) is 11.3. The summed E-state index contributed by atoms with van der Waals surface area (Å²) in [6.07, 6.45) is 12.9. The highest BCUT2D eigenvalue weighted by molar-refractivity contribution is 5.69. The topological polar surface area (TPSA) is 26.3 Å². The fourth-order valence-corrected chi connectivity index (χ4v) is 1.58. The first-order valence-electron chi connectivity index (χ1n) is 5.70. The molecule has 0 aromatic carbocycles. The zero-order valence-electron chi connectivity index (χ0n) is 8.84. The van der Waals surface area contributed by atoms with E-state index in [0.29, 0.717) is 13.0 Å². The summed E-state index contributed by atoms with van der Waals surface area (Å²) in [7, 11) is 0. The van der Waals surface area contributed by atoms with Gasteiger partial charge in [0.05, 0.1) is 6.61 Å². The largest absolute Gasteiger partial charge is 0.466 e. The van der Waals surface area contributed by atoms with Gasteiger partial charge in [-0.25, -0.2) is 0 Å². The molecule has 1 aliphatic heterocycles. The summed E-state index contributed by atoms with van der Waals surface area (Å²) in [5.41, 5.74) is 0. The van der Waals surface area contributed by atoms with Gasteiger partial charge in [0.1, 0.15) is 0 Å². The van der Waals surface area contributed by atoms with Crippen LogP contribution >= 0.6 is 0 Å². The van der Waals surface area contributed by atoms with Gasteiger partial charge < -0.3 is 4.74 Å². The molecule has 0 amide bonds. The highest BCUT2D eigenvalue weighted by atomic mass is 16.5. The maximum absolute atomic E-state index is 11.1. The zero-order valence-corrected chi connectivity index (χ0v) is 8.84. The van der Waals surface area contributed by atoms with Gasteiger partial charge in [0, 0.05) is 6.42 Å². The lowest BCUT2D eigenvalue weighted by Crippen LogP contribution is -2.05. The van der Waals surface area contributed by atoms with Crippen molar-refractivity contribution in [2.45, 2.75) is 51.4 Å². The minimum absolute atomic E-state index is 0.0202. The van der Waals surface area contributed by atoms with E-state index in [1.54, 1.807) is 0 Å². The fraction of sp³-hybridized carbons (Fsp3) is 0.750. The molecule has 2 heteroatoms. The van der Waals surface area contributed by atoms with E-state index in [1.165, 1.54) is 19.3 Å². The number of cyclic esters (lactones) is 1. The SMILES string of the molecule is O=C1CCCCCC/C=C/CCCO1. The maximum Gasteiger partial charge on any atom is 0.305 e. The van der Waals surface area contributed by atoms with Crippen molar-refractivity contribution < 1.29 is 9.53 Å². The molecule has 0 bridgehead atoms. The maximum atomic E-state index is 11.1. The van der Waals surface area contributed by atoms with Crippen molar-refractivity contribution in [3.05, 3.63) is 12.2 Å². The van der Waals surface area contributed by atoms with Crippen LogP contribution in [0.2, 0.25) is 0 Å². The van der Waals surface area contributed by atoms with E-state index < -0.39 is 0 Å². The minimum atomic E-state index is -0.0202. The molecule has 0 fully saturated rings. The summed E-state index contributed by atoms with van der Waals surface area (Å²) in [6, 6.07) is 0. The van der Waals surface area contributed by atoms with E-state index in [1.807, 2.05) is 0 Å². The Morgan fingerprint density at radius 3 is 2.50 bits per heavy atom. The molecule has 0 aliphatic carbocycles. The zero-order chi connectivity index (χ0) is 10.1. The molecule has 0 spiro atoms. The van der Waals surface area contributed by atoms with Crippen molar-refractivity contribution in [1.82, 2.24) is 0 Å². The second-order valence-electron chi connectivity index (χ2n) is 3.79.